The Hall–Kier alpha value is -1.18. The fourth-order valence-corrected chi connectivity index (χ4v) is 2.10. The number of phenolic OH excluding ortho intramolecular Hbond substituents is 1. The summed E-state index contributed by atoms with van der Waals surface area (Å²) in [5.74, 6) is 0.120. The molecule has 0 heterocycles. The van der Waals surface area contributed by atoms with E-state index < -0.39 is 6.10 Å². The molecule has 0 aliphatic heterocycles. The molecule has 92 valence electrons. The van der Waals surface area contributed by atoms with Gasteiger partial charge < -0.3 is 10.2 Å². The molecule has 17 heavy (non-hydrogen) atoms. The predicted molar refractivity (Wildman–Crippen MR) is 68.9 cm³/mol. The lowest BCUT2D eigenvalue weighted by molar-refractivity contribution is 0.194. The van der Waals surface area contributed by atoms with Gasteiger partial charge in [-0.1, -0.05) is 20.8 Å². The van der Waals surface area contributed by atoms with Gasteiger partial charge in [-0.25, -0.2) is 0 Å². The number of aromatic hydroxyl groups is 1. The number of aliphatic hydroxyl groups excluding tert-OH is 1. The Morgan fingerprint density at radius 3 is 2.35 bits per heavy atom. The molecule has 4 heteroatoms. The maximum atomic E-state index is 10.1. The molecule has 0 aliphatic carbocycles. The van der Waals surface area contributed by atoms with E-state index in [1.807, 2.05) is 26.2 Å². The molecule has 1 unspecified atom stereocenters. The van der Waals surface area contributed by atoms with Crippen molar-refractivity contribution in [2.24, 2.45) is 0 Å². The van der Waals surface area contributed by atoms with Crippen molar-refractivity contribution in [3.8, 4) is 11.2 Å². The summed E-state index contributed by atoms with van der Waals surface area (Å²) < 4.78 is 0. The molecule has 1 aromatic rings. The Morgan fingerprint density at radius 1 is 1.35 bits per heavy atom. The second-order valence-electron chi connectivity index (χ2n) is 5.03. The predicted octanol–water partition coefficient (Wildman–Crippen LogP) is 3.32. The van der Waals surface area contributed by atoms with Gasteiger partial charge in [0.25, 0.3) is 0 Å². The van der Waals surface area contributed by atoms with Crippen LogP contribution in [0.25, 0.3) is 0 Å². The molecule has 0 amide bonds. The summed E-state index contributed by atoms with van der Waals surface area (Å²) in [7, 11) is 0. The van der Waals surface area contributed by atoms with E-state index in [2.05, 4.69) is 0 Å². The van der Waals surface area contributed by atoms with Crippen LogP contribution in [0.15, 0.2) is 17.0 Å². The summed E-state index contributed by atoms with van der Waals surface area (Å²) in [5.41, 5.74) is 0.976. The minimum Gasteiger partial charge on any atom is -0.507 e. The van der Waals surface area contributed by atoms with Crippen molar-refractivity contribution in [3.63, 3.8) is 0 Å². The molecule has 1 rings (SSSR count). The first kappa shape index (κ1) is 13.9. The van der Waals surface area contributed by atoms with Crippen molar-refractivity contribution in [3.05, 3.63) is 23.3 Å². The molecule has 0 spiro atoms. The molecule has 0 aliphatic rings. The normalized spacial score (nSPS) is 13.2. The zero-order valence-corrected chi connectivity index (χ0v) is 11.3. The van der Waals surface area contributed by atoms with E-state index in [0.717, 1.165) is 22.2 Å². The zero-order chi connectivity index (χ0) is 13.2. The third-order valence-corrected chi connectivity index (χ3v) is 3.10. The van der Waals surface area contributed by atoms with Gasteiger partial charge in [0.15, 0.2) is 0 Å². The largest absolute Gasteiger partial charge is 0.507 e. The van der Waals surface area contributed by atoms with Crippen LogP contribution in [0.1, 0.15) is 44.9 Å². The lowest BCUT2D eigenvalue weighted by atomic mass is 9.84. The first-order chi connectivity index (χ1) is 7.77. The molecular weight excluding hydrogens is 234 g/mol. The van der Waals surface area contributed by atoms with Gasteiger partial charge in [-0.2, -0.15) is 5.26 Å². The van der Waals surface area contributed by atoms with Gasteiger partial charge in [0.1, 0.15) is 11.2 Å². The molecular formula is C13H17NO2S. The number of hydrogen-bond acceptors (Lipinski definition) is 4. The number of thioether (sulfide) groups is 1. The first-order valence-corrected chi connectivity index (χ1v) is 6.20. The molecule has 1 aromatic carbocycles. The summed E-state index contributed by atoms with van der Waals surface area (Å²) >= 11 is 1.03. The maximum absolute atomic E-state index is 10.1. The number of nitriles is 1. The van der Waals surface area contributed by atoms with Gasteiger partial charge in [0, 0.05) is 16.0 Å². The Labute approximate surface area is 106 Å². The second kappa shape index (κ2) is 4.99. The van der Waals surface area contributed by atoms with Crippen LogP contribution in [0.4, 0.5) is 0 Å². The van der Waals surface area contributed by atoms with Crippen LogP contribution in [0.3, 0.4) is 0 Å². The van der Waals surface area contributed by atoms with Gasteiger partial charge in [-0.15, -0.1) is 0 Å². The molecule has 2 N–H and O–H groups in total. The van der Waals surface area contributed by atoms with E-state index in [-0.39, 0.29) is 11.2 Å². The van der Waals surface area contributed by atoms with Gasteiger partial charge in [0.05, 0.1) is 6.10 Å². The summed E-state index contributed by atoms with van der Waals surface area (Å²) in [6.07, 6.45) is -0.754. The highest BCUT2D eigenvalue weighted by Crippen LogP contribution is 2.39. The monoisotopic (exact) mass is 251 g/mol. The summed E-state index contributed by atoms with van der Waals surface area (Å²) in [6.45, 7) is 7.54. The minimum atomic E-state index is -0.754. The Bertz CT molecular complexity index is 456. The molecule has 0 saturated heterocycles. The average Bonchev–Trinajstić information content (AvgIpc) is 2.18. The standard InChI is InChI=1S/C13H17NO2S/c1-8(15)10-5-9(17-7-14)6-11(12(10)16)13(2,3)4/h5-6,8,15-16H,1-4H3. The third-order valence-electron chi connectivity index (χ3n) is 2.53. The lowest BCUT2D eigenvalue weighted by Crippen LogP contribution is -2.13. The van der Waals surface area contributed by atoms with Crippen molar-refractivity contribution in [2.45, 2.75) is 44.1 Å². The summed E-state index contributed by atoms with van der Waals surface area (Å²) in [4.78, 5) is 0.742. The fourth-order valence-electron chi connectivity index (χ4n) is 1.63. The SMILES string of the molecule is CC(O)c1cc(SC#N)cc(C(C)(C)C)c1O. The van der Waals surface area contributed by atoms with E-state index in [4.69, 9.17) is 5.26 Å². The lowest BCUT2D eigenvalue weighted by Gasteiger charge is -2.23. The van der Waals surface area contributed by atoms with E-state index in [1.54, 1.807) is 19.1 Å². The van der Waals surface area contributed by atoms with Crippen LogP contribution in [-0.4, -0.2) is 10.2 Å². The molecule has 0 aromatic heterocycles. The summed E-state index contributed by atoms with van der Waals surface area (Å²) in [6, 6.07) is 3.46. The number of nitrogens with zero attached hydrogens (tertiary/aromatic N) is 1. The molecule has 0 radical (unpaired) electrons. The molecule has 0 bridgehead atoms. The number of benzene rings is 1. The number of thiocyanates is 1. The van der Waals surface area contributed by atoms with E-state index in [0.29, 0.717) is 5.56 Å². The average molecular weight is 251 g/mol. The minimum absolute atomic E-state index is 0.120. The highest BCUT2D eigenvalue weighted by atomic mass is 32.2. The molecule has 0 saturated carbocycles. The first-order valence-electron chi connectivity index (χ1n) is 5.38. The van der Waals surface area contributed by atoms with Crippen molar-refractivity contribution in [1.29, 1.82) is 5.26 Å². The molecule has 3 nitrogen and oxygen atoms in total. The van der Waals surface area contributed by atoms with Crippen LogP contribution in [0, 0.1) is 10.7 Å². The van der Waals surface area contributed by atoms with E-state index >= 15 is 0 Å². The van der Waals surface area contributed by atoms with Gasteiger partial charge >= 0.3 is 0 Å². The number of rotatable bonds is 2. The van der Waals surface area contributed by atoms with E-state index in [1.165, 1.54) is 0 Å². The second-order valence-corrected chi connectivity index (χ2v) is 5.89. The van der Waals surface area contributed by atoms with Crippen molar-refractivity contribution < 1.29 is 10.2 Å². The Morgan fingerprint density at radius 2 is 1.94 bits per heavy atom. The van der Waals surface area contributed by atoms with Crippen molar-refractivity contribution >= 4 is 11.8 Å². The van der Waals surface area contributed by atoms with E-state index in [9.17, 15) is 10.2 Å². The maximum Gasteiger partial charge on any atom is 0.138 e. The quantitative estimate of drug-likeness (QED) is 0.625. The topological polar surface area (TPSA) is 64.2 Å². The zero-order valence-electron chi connectivity index (χ0n) is 10.5. The number of hydrogen-bond donors (Lipinski definition) is 2. The molecule has 1 atom stereocenters. The highest BCUT2D eigenvalue weighted by Gasteiger charge is 2.22. The smallest absolute Gasteiger partial charge is 0.138 e. The van der Waals surface area contributed by atoms with Gasteiger partial charge in [0.2, 0.25) is 0 Å². The Balaban J connectivity index is 3.44. The molecule has 0 fully saturated rings. The van der Waals surface area contributed by atoms with Crippen LogP contribution in [0.5, 0.6) is 5.75 Å². The Kier molecular flexibility index (Phi) is 4.07. The number of phenols is 1. The number of aliphatic hydroxyl groups is 1. The van der Waals surface area contributed by atoms with Crippen LogP contribution in [-0.2, 0) is 5.41 Å². The van der Waals surface area contributed by atoms with Crippen molar-refractivity contribution in [1.82, 2.24) is 0 Å². The van der Waals surface area contributed by atoms with Crippen LogP contribution in [0.2, 0.25) is 0 Å². The van der Waals surface area contributed by atoms with Gasteiger partial charge in [-0.3, -0.25) is 0 Å². The van der Waals surface area contributed by atoms with Crippen molar-refractivity contribution in [2.75, 3.05) is 0 Å². The van der Waals surface area contributed by atoms with Crippen LogP contribution >= 0.6 is 11.8 Å². The van der Waals surface area contributed by atoms with Gasteiger partial charge in [-0.05, 0) is 36.2 Å². The summed E-state index contributed by atoms with van der Waals surface area (Å²) in [5, 5.41) is 30.5. The third kappa shape index (κ3) is 3.15. The highest BCUT2D eigenvalue weighted by molar-refractivity contribution is 8.03. The fraction of sp³-hybridized carbons (Fsp3) is 0.462. The van der Waals surface area contributed by atoms with Crippen LogP contribution < -0.4 is 0 Å².